The number of nitrogens with one attached hydrogen (secondary N) is 4. The van der Waals surface area contributed by atoms with Crippen LogP contribution >= 0.6 is 23.2 Å². The summed E-state index contributed by atoms with van der Waals surface area (Å²) in [5, 5.41) is 28.3. The van der Waals surface area contributed by atoms with E-state index in [0.717, 1.165) is 5.70 Å². The number of nitrogens with zero attached hydrogens (tertiary/aromatic N) is 7. The zero-order valence-corrected chi connectivity index (χ0v) is 28.2. The van der Waals surface area contributed by atoms with E-state index in [4.69, 9.17) is 27.9 Å². The molecular weight excluding hydrogens is 660 g/mol. The number of likely N-dealkylation sites (tertiary alicyclic amines) is 1. The van der Waals surface area contributed by atoms with Crippen LogP contribution in [-0.4, -0.2) is 61.7 Å². The molecule has 1 amide bonds. The lowest BCUT2D eigenvalue weighted by Gasteiger charge is -2.33. The standard InChI is InChI=1S/C32H34Cl2FN11O2/c1-32(2,3)48-31(47)45-9-7-21(8-10-45)46-17-27(41-43-46)30(26-16-44(4)42-40-26)39-20-11-22-28(38-19-5-6-25(35)23(33)12-19)18(14-36)15-37-29(22)24(34)13-20/h5-6,11-13,15-17,21,30,39-40,42H,7-10H2,1-4H3,(H,37,38). The number of carbonyl (C=O) groups excluding carboxylic acids is 1. The van der Waals surface area contributed by atoms with E-state index in [2.05, 4.69) is 43.0 Å². The quantitative estimate of drug-likeness (QED) is 0.170. The fraction of sp³-hybridized carbons (Fsp3) is 0.344. The fourth-order valence-corrected chi connectivity index (χ4v) is 6.02. The van der Waals surface area contributed by atoms with E-state index in [0.29, 0.717) is 64.6 Å². The van der Waals surface area contributed by atoms with Gasteiger partial charge in [0.2, 0.25) is 0 Å². The van der Waals surface area contributed by atoms with Gasteiger partial charge in [0, 0.05) is 49.3 Å². The van der Waals surface area contributed by atoms with Crippen molar-refractivity contribution in [3.63, 3.8) is 0 Å². The van der Waals surface area contributed by atoms with Crippen LogP contribution in [0.1, 0.15) is 57.0 Å². The van der Waals surface area contributed by atoms with Crippen molar-refractivity contribution in [2.24, 2.45) is 0 Å². The number of hydrogen-bond donors (Lipinski definition) is 4. The predicted molar refractivity (Wildman–Crippen MR) is 181 cm³/mol. The molecule has 250 valence electrons. The molecule has 1 unspecified atom stereocenters. The van der Waals surface area contributed by atoms with Crippen LogP contribution in [0.25, 0.3) is 10.9 Å². The van der Waals surface area contributed by atoms with Gasteiger partial charge in [-0.05, 0) is 63.9 Å². The van der Waals surface area contributed by atoms with Gasteiger partial charge in [0.05, 0.1) is 44.7 Å². The summed E-state index contributed by atoms with van der Waals surface area (Å²) in [6.45, 7) is 6.66. The molecule has 1 saturated heterocycles. The minimum Gasteiger partial charge on any atom is -0.444 e. The number of fused-ring (bicyclic) bond motifs is 1. The van der Waals surface area contributed by atoms with Crippen LogP contribution < -0.4 is 21.6 Å². The third-order valence-electron chi connectivity index (χ3n) is 7.88. The van der Waals surface area contributed by atoms with Gasteiger partial charge in [-0.15, -0.1) is 10.6 Å². The molecular formula is C32H34Cl2FN11O2. The molecule has 16 heteroatoms. The lowest BCUT2D eigenvalue weighted by molar-refractivity contribution is 0.0184. The molecule has 1 fully saturated rings. The first-order valence-corrected chi connectivity index (χ1v) is 16.0. The van der Waals surface area contributed by atoms with Crippen molar-refractivity contribution in [2.75, 3.05) is 30.8 Å². The molecule has 2 aromatic heterocycles. The summed E-state index contributed by atoms with van der Waals surface area (Å²) in [4.78, 5) is 18.7. The molecule has 2 aromatic carbocycles. The number of hydrogen-bond acceptors (Lipinski definition) is 11. The first-order chi connectivity index (χ1) is 22.9. The summed E-state index contributed by atoms with van der Waals surface area (Å²) in [7, 11) is 1.86. The molecule has 0 aliphatic carbocycles. The monoisotopic (exact) mass is 693 g/mol. The number of rotatable bonds is 7. The van der Waals surface area contributed by atoms with Crippen molar-refractivity contribution < 1.29 is 13.9 Å². The minimum atomic E-state index is -0.555. The van der Waals surface area contributed by atoms with Crippen LogP contribution in [0.5, 0.6) is 0 Å². The minimum absolute atomic E-state index is 0.0519. The Morgan fingerprint density at radius 1 is 1.17 bits per heavy atom. The average molecular weight is 695 g/mol. The van der Waals surface area contributed by atoms with Crippen molar-refractivity contribution >= 4 is 57.3 Å². The van der Waals surface area contributed by atoms with Crippen molar-refractivity contribution in [3.05, 3.63) is 81.7 Å². The molecule has 13 nitrogen and oxygen atoms in total. The third-order valence-corrected chi connectivity index (χ3v) is 8.46. The summed E-state index contributed by atoms with van der Waals surface area (Å²) in [6, 6.07) is 9.52. The van der Waals surface area contributed by atoms with Crippen LogP contribution in [0.4, 0.5) is 26.2 Å². The Bertz CT molecular complexity index is 1930. The number of benzene rings is 2. The Balaban J connectivity index is 1.29. The van der Waals surface area contributed by atoms with Crippen LogP contribution in [-0.2, 0) is 4.74 Å². The number of ether oxygens (including phenoxy) is 1. The molecule has 1 atom stereocenters. The van der Waals surface area contributed by atoms with Crippen LogP contribution in [0.2, 0.25) is 10.0 Å². The Kier molecular flexibility index (Phi) is 9.20. The first-order valence-electron chi connectivity index (χ1n) is 15.3. The van der Waals surface area contributed by atoms with Gasteiger partial charge in [-0.3, -0.25) is 9.99 Å². The molecule has 2 aliphatic heterocycles. The Labute approximate surface area is 286 Å². The lowest BCUT2D eigenvalue weighted by Crippen LogP contribution is -2.42. The molecule has 0 bridgehead atoms. The largest absolute Gasteiger partial charge is 0.444 e. The van der Waals surface area contributed by atoms with Crippen LogP contribution in [0.15, 0.2) is 54.6 Å². The van der Waals surface area contributed by atoms with Gasteiger partial charge in [-0.1, -0.05) is 28.4 Å². The summed E-state index contributed by atoms with van der Waals surface area (Å²) < 4.78 is 21.2. The molecule has 0 spiro atoms. The molecule has 4 aromatic rings. The van der Waals surface area contributed by atoms with E-state index in [9.17, 15) is 14.4 Å². The van der Waals surface area contributed by atoms with Crippen molar-refractivity contribution in [1.29, 1.82) is 5.26 Å². The highest BCUT2D eigenvalue weighted by atomic mass is 35.5. The number of hydrazine groups is 2. The molecule has 0 saturated carbocycles. The number of amides is 1. The van der Waals surface area contributed by atoms with Crippen LogP contribution in [0, 0.1) is 17.1 Å². The topological polar surface area (TPSA) is 148 Å². The smallest absolute Gasteiger partial charge is 0.410 e. The number of piperidine rings is 1. The van der Waals surface area contributed by atoms with Crippen LogP contribution in [0.3, 0.4) is 0 Å². The molecule has 0 radical (unpaired) electrons. The Hall–Kier alpha value is -4.84. The summed E-state index contributed by atoms with van der Waals surface area (Å²) in [5.74, 6) is -0.555. The van der Waals surface area contributed by atoms with Gasteiger partial charge in [0.1, 0.15) is 29.2 Å². The molecule has 48 heavy (non-hydrogen) atoms. The number of anilines is 3. The van der Waals surface area contributed by atoms with Crippen molar-refractivity contribution in [2.45, 2.75) is 51.3 Å². The zero-order valence-electron chi connectivity index (χ0n) is 26.7. The highest BCUT2D eigenvalue weighted by Crippen LogP contribution is 2.37. The van der Waals surface area contributed by atoms with E-state index in [1.54, 1.807) is 16.0 Å². The maximum Gasteiger partial charge on any atom is 0.410 e. The number of halogens is 3. The van der Waals surface area contributed by atoms with Crippen molar-refractivity contribution in [3.8, 4) is 6.07 Å². The number of pyridine rings is 1. The Morgan fingerprint density at radius 2 is 1.92 bits per heavy atom. The normalized spacial score (nSPS) is 15.9. The fourth-order valence-electron chi connectivity index (χ4n) is 5.57. The Morgan fingerprint density at radius 3 is 2.58 bits per heavy atom. The van der Waals surface area contributed by atoms with E-state index in [1.165, 1.54) is 24.4 Å². The molecule has 4 N–H and O–H groups in total. The van der Waals surface area contributed by atoms with E-state index in [-0.39, 0.29) is 22.7 Å². The van der Waals surface area contributed by atoms with E-state index >= 15 is 0 Å². The maximum atomic E-state index is 13.9. The van der Waals surface area contributed by atoms with E-state index < -0.39 is 17.5 Å². The summed E-state index contributed by atoms with van der Waals surface area (Å²) in [6.07, 6.45) is 6.31. The second-order valence-electron chi connectivity index (χ2n) is 12.6. The zero-order chi connectivity index (χ0) is 34.2. The highest BCUT2D eigenvalue weighted by Gasteiger charge is 2.30. The number of carbonyl (C=O) groups is 1. The van der Waals surface area contributed by atoms with Crippen molar-refractivity contribution in [1.82, 2.24) is 40.8 Å². The van der Waals surface area contributed by atoms with E-state index in [1.807, 2.05) is 51.0 Å². The second-order valence-corrected chi connectivity index (χ2v) is 13.4. The molecule has 2 aliphatic rings. The van der Waals surface area contributed by atoms with Gasteiger partial charge in [0.15, 0.2) is 0 Å². The summed E-state index contributed by atoms with van der Waals surface area (Å²) >= 11 is 12.8. The highest BCUT2D eigenvalue weighted by molar-refractivity contribution is 6.36. The lowest BCUT2D eigenvalue weighted by atomic mass is 10.1. The number of nitriles is 1. The van der Waals surface area contributed by atoms with Gasteiger partial charge in [0.25, 0.3) is 0 Å². The van der Waals surface area contributed by atoms with Gasteiger partial charge in [-0.2, -0.15) is 5.26 Å². The molecule has 4 heterocycles. The summed E-state index contributed by atoms with van der Waals surface area (Å²) in [5.41, 5.74) is 9.33. The second kappa shape index (κ2) is 13.3. The van der Waals surface area contributed by atoms with Gasteiger partial charge < -0.3 is 25.7 Å². The number of aromatic nitrogens is 4. The molecule has 6 rings (SSSR count). The SMILES string of the molecule is CN1C=C(C(Nc2cc(Cl)c3ncc(C#N)c(Nc4ccc(F)c(Cl)c4)c3c2)c2cn(C3CCN(C(=O)OC(C)(C)C)CC3)nn2)NN1. The predicted octanol–water partition coefficient (Wildman–Crippen LogP) is 6.41. The average Bonchev–Trinajstić information content (AvgIpc) is 3.71. The first kappa shape index (κ1) is 33.1. The maximum absolute atomic E-state index is 13.9. The van der Waals surface area contributed by atoms with Gasteiger partial charge in [-0.25, -0.2) is 13.9 Å². The van der Waals surface area contributed by atoms with Gasteiger partial charge >= 0.3 is 6.09 Å². The third kappa shape index (κ3) is 7.18.